The summed E-state index contributed by atoms with van der Waals surface area (Å²) in [4.78, 5) is 0. The third-order valence-corrected chi connectivity index (χ3v) is 3.44. The summed E-state index contributed by atoms with van der Waals surface area (Å²) in [5.41, 5.74) is 6.81. The highest BCUT2D eigenvalue weighted by molar-refractivity contribution is 4.82. The molecule has 0 aromatic heterocycles. The Morgan fingerprint density at radius 3 is 1.44 bits per heavy atom. The molecule has 0 radical (unpaired) electrons. The molecule has 0 amide bonds. The van der Waals surface area contributed by atoms with Crippen LogP contribution in [0.2, 0.25) is 0 Å². The van der Waals surface area contributed by atoms with Crippen molar-refractivity contribution in [2.45, 2.75) is 52.9 Å². The Morgan fingerprint density at radius 2 is 1.19 bits per heavy atom. The van der Waals surface area contributed by atoms with Crippen molar-refractivity contribution in [1.29, 1.82) is 0 Å². The first-order chi connectivity index (χ1) is 7.59. The number of hydrazine groups is 2. The molecule has 4 atom stereocenters. The SMILES string of the molecule is CC(C)C1NN1CCCCN1NC1C(C)C. The molecule has 2 aliphatic heterocycles. The molecule has 0 aromatic rings. The van der Waals surface area contributed by atoms with Gasteiger partial charge in [-0.05, 0) is 24.7 Å². The molecule has 0 aromatic carbocycles. The molecule has 0 aliphatic carbocycles. The van der Waals surface area contributed by atoms with Crippen LogP contribution in [0.3, 0.4) is 0 Å². The zero-order valence-electron chi connectivity index (χ0n) is 11.0. The molecule has 4 heteroatoms. The van der Waals surface area contributed by atoms with E-state index < -0.39 is 0 Å². The lowest BCUT2D eigenvalue weighted by Crippen LogP contribution is -2.12. The van der Waals surface area contributed by atoms with Crippen LogP contribution >= 0.6 is 0 Å². The summed E-state index contributed by atoms with van der Waals surface area (Å²) in [6.07, 6.45) is 3.86. The van der Waals surface area contributed by atoms with Gasteiger partial charge < -0.3 is 0 Å². The van der Waals surface area contributed by atoms with Crippen LogP contribution in [0.25, 0.3) is 0 Å². The van der Waals surface area contributed by atoms with Crippen molar-refractivity contribution in [2.24, 2.45) is 11.8 Å². The van der Waals surface area contributed by atoms with Crippen molar-refractivity contribution >= 4 is 0 Å². The lowest BCUT2D eigenvalue weighted by molar-refractivity contribution is 0.384. The number of hydrogen-bond acceptors (Lipinski definition) is 4. The molecule has 94 valence electrons. The molecule has 2 heterocycles. The van der Waals surface area contributed by atoms with E-state index in [0.717, 1.165) is 11.8 Å². The molecule has 2 rings (SSSR count). The van der Waals surface area contributed by atoms with Crippen LogP contribution in [0.5, 0.6) is 0 Å². The highest BCUT2D eigenvalue weighted by atomic mass is 15.8. The Hall–Kier alpha value is -0.160. The molecular weight excluding hydrogens is 200 g/mol. The van der Waals surface area contributed by atoms with Crippen molar-refractivity contribution < 1.29 is 0 Å². The van der Waals surface area contributed by atoms with Gasteiger partial charge in [-0.25, -0.2) is 20.9 Å². The summed E-state index contributed by atoms with van der Waals surface area (Å²) in [6, 6.07) is 0. The van der Waals surface area contributed by atoms with Gasteiger partial charge in [0.25, 0.3) is 0 Å². The van der Waals surface area contributed by atoms with E-state index in [-0.39, 0.29) is 0 Å². The summed E-state index contributed by atoms with van der Waals surface area (Å²) < 4.78 is 0. The van der Waals surface area contributed by atoms with Crippen molar-refractivity contribution in [3.8, 4) is 0 Å². The Balaban J connectivity index is 1.45. The van der Waals surface area contributed by atoms with Crippen molar-refractivity contribution in [2.75, 3.05) is 13.1 Å². The van der Waals surface area contributed by atoms with Crippen LogP contribution in [0.1, 0.15) is 40.5 Å². The second-order valence-electron chi connectivity index (χ2n) is 5.73. The third-order valence-electron chi connectivity index (χ3n) is 3.44. The third kappa shape index (κ3) is 3.17. The fourth-order valence-corrected chi connectivity index (χ4v) is 2.26. The van der Waals surface area contributed by atoms with E-state index in [1.54, 1.807) is 0 Å². The maximum Gasteiger partial charge on any atom is 0.0886 e. The normalized spacial score (nSPS) is 37.1. The lowest BCUT2D eigenvalue weighted by Gasteiger charge is -2.04. The largest absolute Gasteiger partial charge is 0.235 e. The van der Waals surface area contributed by atoms with Crippen molar-refractivity contribution in [1.82, 2.24) is 20.9 Å². The maximum absolute atomic E-state index is 3.40. The Bertz CT molecular complexity index is 205. The Kier molecular flexibility index (Phi) is 3.85. The van der Waals surface area contributed by atoms with Gasteiger partial charge in [0.15, 0.2) is 0 Å². The summed E-state index contributed by atoms with van der Waals surface area (Å²) in [7, 11) is 0. The standard InChI is InChI=1S/C12H26N4/c1-9(2)11-13-15(11)7-5-6-8-16-12(14-16)10(3)4/h9-14H,5-8H2,1-4H3. The molecular formula is C12H26N4. The molecule has 16 heavy (non-hydrogen) atoms. The van der Waals surface area contributed by atoms with Gasteiger partial charge >= 0.3 is 0 Å². The first kappa shape index (κ1) is 12.3. The molecule has 2 N–H and O–H groups in total. The minimum absolute atomic E-state index is 0.641. The van der Waals surface area contributed by atoms with Crippen LogP contribution in [0.4, 0.5) is 0 Å². The van der Waals surface area contributed by atoms with Crippen LogP contribution < -0.4 is 10.9 Å². The number of rotatable bonds is 7. The predicted octanol–water partition coefficient (Wildman–Crippen LogP) is 1.37. The van der Waals surface area contributed by atoms with Crippen LogP contribution in [-0.2, 0) is 0 Å². The minimum Gasteiger partial charge on any atom is -0.235 e. The zero-order valence-corrected chi connectivity index (χ0v) is 11.0. The molecule has 2 fully saturated rings. The van der Waals surface area contributed by atoms with E-state index >= 15 is 0 Å². The first-order valence-electron chi connectivity index (χ1n) is 6.65. The predicted molar refractivity (Wildman–Crippen MR) is 66.2 cm³/mol. The van der Waals surface area contributed by atoms with Gasteiger partial charge in [0.2, 0.25) is 0 Å². The fraction of sp³-hybridized carbons (Fsp3) is 1.00. The van der Waals surface area contributed by atoms with Crippen LogP contribution in [0, 0.1) is 11.8 Å². The summed E-state index contributed by atoms with van der Waals surface area (Å²) in [6.45, 7) is 11.5. The zero-order chi connectivity index (χ0) is 11.7. The molecule has 0 saturated carbocycles. The van der Waals surface area contributed by atoms with Crippen LogP contribution in [0.15, 0.2) is 0 Å². The van der Waals surface area contributed by atoms with Crippen molar-refractivity contribution in [3.05, 3.63) is 0 Å². The minimum atomic E-state index is 0.641. The fourth-order valence-electron chi connectivity index (χ4n) is 2.26. The maximum atomic E-state index is 3.40. The van der Waals surface area contributed by atoms with E-state index in [1.807, 2.05) is 0 Å². The van der Waals surface area contributed by atoms with E-state index in [1.165, 1.54) is 25.9 Å². The van der Waals surface area contributed by atoms with Gasteiger partial charge in [-0.15, -0.1) is 0 Å². The Morgan fingerprint density at radius 1 is 0.812 bits per heavy atom. The summed E-state index contributed by atoms with van der Waals surface area (Å²) in [5.74, 6) is 1.47. The molecule has 4 nitrogen and oxygen atoms in total. The highest BCUT2D eigenvalue weighted by Gasteiger charge is 2.36. The smallest absolute Gasteiger partial charge is 0.0886 e. The Labute approximate surface area is 99.3 Å². The van der Waals surface area contributed by atoms with Gasteiger partial charge in [0.1, 0.15) is 0 Å². The monoisotopic (exact) mass is 226 g/mol. The number of nitrogens with one attached hydrogen (secondary N) is 2. The second-order valence-corrected chi connectivity index (χ2v) is 5.73. The summed E-state index contributed by atoms with van der Waals surface area (Å²) >= 11 is 0. The van der Waals surface area contributed by atoms with Crippen molar-refractivity contribution in [3.63, 3.8) is 0 Å². The number of hydrogen-bond donors (Lipinski definition) is 2. The second kappa shape index (κ2) is 5.00. The topological polar surface area (TPSA) is 49.9 Å². The molecule has 4 unspecified atom stereocenters. The lowest BCUT2D eigenvalue weighted by atomic mass is 10.2. The van der Waals surface area contributed by atoms with Crippen LogP contribution in [-0.4, -0.2) is 35.4 Å². The average Bonchev–Trinajstić information content (AvgIpc) is 3.07. The van der Waals surface area contributed by atoms with E-state index in [4.69, 9.17) is 0 Å². The van der Waals surface area contributed by atoms with E-state index in [2.05, 4.69) is 48.6 Å². The van der Waals surface area contributed by atoms with Gasteiger partial charge in [-0.3, -0.25) is 0 Å². The van der Waals surface area contributed by atoms with Gasteiger partial charge in [0, 0.05) is 13.1 Å². The molecule has 2 saturated heterocycles. The highest BCUT2D eigenvalue weighted by Crippen LogP contribution is 2.20. The van der Waals surface area contributed by atoms with Gasteiger partial charge in [-0.1, -0.05) is 27.7 Å². The van der Waals surface area contributed by atoms with E-state index in [0.29, 0.717) is 12.3 Å². The van der Waals surface area contributed by atoms with Gasteiger partial charge in [-0.2, -0.15) is 0 Å². The first-order valence-corrected chi connectivity index (χ1v) is 6.65. The molecule has 2 aliphatic rings. The van der Waals surface area contributed by atoms with Gasteiger partial charge in [0.05, 0.1) is 12.3 Å². The van der Waals surface area contributed by atoms with E-state index in [9.17, 15) is 0 Å². The number of unbranched alkanes of at least 4 members (excludes halogenated alkanes) is 1. The molecule has 0 spiro atoms. The summed E-state index contributed by atoms with van der Waals surface area (Å²) in [5, 5.41) is 4.72. The average molecular weight is 226 g/mol. The molecule has 0 bridgehead atoms. The number of nitrogens with zero attached hydrogens (tertiary/aromatic N) is 2. The quantitative estimate of drug-likeness (QED) is 0.508.